The summed E-state index contributed by atoms with van der Waals surface area (Å²) in [5.41, 5.74) is 2.42. The van der Waals surface area contributed by atoms with Crippen molar-refractivity contribution in [3.8, 4) is 5.75 Å². The maximum absolute atomic E-state index is 7.62. The van der Waals surface area contributed by atoms with Crippen LogP contribution in [0.1, 0.15) is 33.4 Å². The number of halogens is 1. The maximum Gasteiger partial charge on any atom is 0.237 e. The van der Waals surface area contributed by atoms with Crippen LogP contribution < -0.4 is 4.43 Å². The van der Waals surface area contributed by atoms with E-state index in [4.69, 9.17) is 5.80 Å². The van der Waals surface area contributed by atoms with E-state index >= 15 is 0 Å². The first-order valence-corrected chi connectivity index (χ1v) is 9.78. The Bertz CT molecular complexity index is 582. The molecular formula is C16H22BrNOSi. The van der Waals surface area contributed by atoms with E-state index in [1.54, 1.807) is 0 Å². The Morgan fingerprint density at radius 2 is 2.05 bits per heavy atom. The second-order valence-corrected chi connectivity index (χ2v) is 9.91. The normalized spacial score (nSPS) is 13.9. The van der Waals surface area contributed by atoms with Gasteiger partial charge < -0.3 is 9.41 Å². The third-order valence-corrected chi connectivity index (χ3v) is 6.79. The molecule has 0 spiro atoms. The van der Waals surface area contributed by atoms with Crippen LogP contribution in [0.2, 0.25) is 11.6 Å². The quantitative estimate of drug-likeness (QED) is 0.777. The Morgan fingerprint density at radius 3 is 2.70 bits per heavy atom. The van der Waals surface area contributed by atoms with Crippen LogP contribution in [0.5, 0.6) is 5.75 Å². The fourth-order valence-corrected chi connectivity index (χ4v) is 2.90. The topological polar surface area (TPSA) is 25.0 Å². The van der Waals surface area contributed by atoms with E-state index in [0.717, 1.165) is 22.3 Å². The van der Waals surface area contributed by atoms with Crippen LogP contribution in [0.3, 0.4) is 0 Å². The van der Waals surface area contributed by atoms with E-state index < -0.39 is 9.04 Å². The molecule has 2 nitrogen and oxygen atoms in total. The summed E-state index contributed by atoms with van der Waals surface area (Å²) in [4.78, 5) is 3.28. The number of nitrogens with one attached hydrogen (secondary N) is 1. The van der Waals surface area contributed by atoms with Gasteiger partial charge in [-0.2, -0.15) is 0 Å². The molecule has 0 bridgehead atoms. The smallest absolute Gasteiger partial charge is 0.237 e. The average Bonchev–Trinajstić information content (AvgIpc) is 2.88. The van der Waals surface area contributed by atoms with Gasteiger partial charge in [0.1, 0.15) is 5.75 Å². The van der Waals surface area contributed by atoms with E-state index in [1.165, 1.54) is 5.56 Å². The first kappa shape index (κ1) is 14.0. The Hall–Kier alpha value is -1.00. The molecule has 0 saturated carbocycles. The van der Waals surface area contributed by atoms with Gasteiger partial charge in [-0.3, -0.25) is 0 Å². The second-order valence-electron chi connectivity index (χ2n) is 5.91. The van der Waals surface area contributed by atoms with Gasteiger partial charge in [-0.1, -0.05) is 48.8 Å². The zero-order chi connectivity index (χ0) is 15.5. The molecule has 0 aliphatic rings. The van der Waals surface area contributed by atoms with Crippen LogP contribution in [-0.4, -0.2) is 14.0 Å². The van der Waals surface area contributed by atoms with Crippen molar-refractivity contribution >= 4 is 25.0 Å². The van der Waals surface area contributed by atoms with Crippen molar-refractivity contribution in [2.45, 2.75) is 38.8 Å². The second kappa shape index (κ2) is 6.18. The standard InChI is InChI=1S/C16H22BrNOSi/c1-16(2,3)20(4)19-15-10-14(18-11-15)9-12-5-7-13(17)8-6-12/h5-8,10-11,18,20H,9H2,1-4H3/i1D. The Labute approximate surface area is 132 Å². The van der Waals surface area contributed by atoms with Crippen LogP contribution in [0.25, 0.3) is 0 Å². The number of rotatable bonds is 4. The highest BCUT2D eigenvalue weighted by atomic mass is 79.9. The molecule has 1 aromatic carbocycles. The molecule has 1 heterocycles. The van der Waals surface area contributed by atoms with Gasteiger partial charge in [0.15, 0.2) is 0 Å². The Kier molecular flexibility index (Phi) is 4.31. The fourth-order valence-electron chi connectivity index (χ4n) is 1.77. The monoisotopic (exact) mass is 352 g/mol. The molecule has 108 valence electrons. The summed E-state index contributed by atoms with van der Waals surface area (Å²) in [6, 6.07) is 10.4. The minimum absolute atomic E-state index is 0.0108. The molecule has 1 aromatic heterocycles. The molecule has 1 atom stereocenters. The van der Waals surface area contributed by atoms with Gasteiger partial charge in [0.05, 0.1) is 0 Å². The summed E-state index contributed by atoms with van der Waals surface area (Å²) >= 11 is 3.45. The summed E-state index contributed by atoms with van der Waals surface area (Å²) in [5.74, 6) is 0.905. The SMILES string of the molecule is [2H]CC(C)(C)[SiH](C)Oc1c[nH]c(Cc2ccc(Br)cc2)c1. The number of hydrogen-bond acceptors (Lipinski definition) is 1. The lowest BCUT2D eigenvalue weighted by molar-refractivity contribution is 0.521. The molecule has 20 heavy (non-hydrogen) atoms. The molecule has 1 N–H and O–H groups in total. The predicted octanol–water partition coefficient (Wildman–Crippen LogP) is 4.90. The number of aromatic amines is 1. The van der Waals surface area contributed by atoms with Gasteiger partial charge in [-0.05, 0) is 35.3 Å². The van der Waals surface area contributed by atoms with Crippen LogP contribution in [0.4, 0.5) is 0 Å². The maximum atomic E-state index is 7.62. The fraction of sp³-hybridized carbons (Fsp3) is 0.375. The van der Waals surface area contributed by atoms with Crippen LogP contribution >= 0.6 is 15.9 Å². The third-order valence-electron chi connectivity index (χ3n) is 3.44. The summed E-state index contributed by atoms with van der Waals surface area (Å²) < 4.78 is 14.8. The van der Waals surface area contributed by atoms with Gasteiger partial charge in [0.2, 0.25) is 9.04 Å². The number of H-pyrrole nitrogens is 1. The van der Waals surface area contributed by atoms with Crippen molar-refractivity contribution < 1.29 is 5.80 Å². The van der Waals surface area contributed by atoms with Crippen LogP contribution in [0.15, 0.2) is 41.0 Å². The molecule has 0 saturated heterocycles. The van der Waals surface area contributed by atoms with Gasteiger partial charge >= 0.3 is 0 Å². The van der Waals surface area contributed by atoms with Gasteiger partial charge in [0.25, 0.3) is 0 Å². The highest BCUT2D eigenvalue weighted by Gasteiger charge is 2.24. The van der Waals surface area contributed by atoms with Crippen molar-refractivity contribution in [1.82, 2.24) is 4.98 Å². The summed E-state index contributed by atoms with van der Waals surface area (Å²) in [6.07, 6.45) is 2.80. The molecular weight excluding hydrogens is 330 g/mol. The first-order chi connectivity index (χ1) is 9.90. The number of aromatic nitrogens is 1. The van der Waals surface area contributed by atoms with Crippen molar-refractivity contribution in [2.24, 2.45) is 0 Å². The third kappa shape index (κ3) is 4.25. The number of hydrogen-bond donors (Lipinski definition) is 1. The predicted molar refractivity (Wildman–Crippen MR) is 91.1 cm³/mol. The van der Waals surface area contributed by atoms with E-state index in [9.17, 15) is 0 Å². The summed E-state index contributed by atoms with van der Waals surface area (Å²) in [7, 11) is -1.43. The molecule has 0 aliphatic carbocycles. The Balaban J connectivity index is 2.00. The van der Waals surface area contributed by atoms with E-state index in [1.807, 2.05) is 6.20 Å². The van der Waals surface area contributed by atoms with E-state index in [2.05, 4.69) is 71.6 Å². The molecule has 2 rings (SSSR count). The molecule has 4 heteroatoms. The zero-order valence-electron chi connectivity index (χ0n) is 13.2. The molecule has 0 amide bonds. The van der Waals surface area contributed by atoms with E-state index in [-0.39, 0.29) is 5.04 Å². The molecule has 0 radical (unpaired) electrons. The molecule has 0 aliphatic heterocycles. The van der Waals surface area contributed by atoms with Crippen LogP contribution in [-0.2, 0) is 6.42 Å². The van der Waals surface area contributed by atoms with Crippen molar-refractivity contribution in [2.75, 3.05) is 0 Å². The van der Waals surface area contributed by atoms with Crippen molar-refractivity contribution in [1.29, 1.82) is 0 Å². The average molecular weight is 353 g/mol. The molecule has 0 fully saturated rings. The lowest BCUT2D eigenvalue weighted by Crippen LogP contribution is -2.28. The van der Waals surface area contributed by atoms with Crippen LogP contribution in [0, 0.1) is 0 Å². The zero-order valence-corrected chi connectivity index (χ0v) is 15.0. The van der Waals surface area contributed by atoms with Gasteiger partial charge in [0, 0.05) is 24.2 Å². The number of benzene rings is 1. The lowest BCUT2D eigenvalue weighted by atomic mass is 10.1. The van der Waals surface area contributed by atoms with Gasteiger partial charge in [-0.25, -0.2) is 0 Å². The largest absolute Gasteiger partial charge is 0.545 e. The lowest BCUT2D eigenvalue weighted by Gasteiger charge is -2.25. The Morgan fingerprint density at radius 1 is 1.35 bits per heavy atom. The minimum atomic E-state index is -1.43. The first-order valence-electron chi connectivity index (χ1n) is 7.49. The van der Waals surface area contributed by atoms with Crippen molar-refractivity contribution in [3.63, 3.8) is 0 Å². The highest BCUT2D eigenvalue weighted by molar-refractivity contribution is 9.10. The summed E-state index contributed by atoms with van der Waals surface area (Å²) in [5, 5.41) is -0.0108. The minimum Gasteiger partial charge on any atom is -0.545 e. The molecule has 1 unspecified atom stereocenters. The molecule has 2 aromatic rings. The van der Waals surface area contributed by atoms with E-state index in [0.29, 0.717) is 6.90 Å². The summed E-state index contributed by atoms with van der Waals surface area (Å²) in [6.45, 7) is 6.81. The van der Waals surface area contributed by atoms with Gasteiger partial charge in [-0.15, -0.1) is 0 Å². The van der Waals surface area contributed by atoms with Crippen molar-refractivity contribution in [3.05, 3.63) is 52.3 Å². The highest BCUT2D eigenvalue weighted by Crippen LogP contribution is 2.29.